The molecule has 22 heavy (non-hydrogen) atoms. The van der Waals surface area contributed by atoms with Crippen LogP contribution in [0.1, 0.15) is 37.7 Å². The van der Waals surface area contributed by atoms with Crippen molar-refractivity contribution in [2.24, 2.45) is 0 Å². The SMILES string of the molecule is COC(=O)C1(NC(=O)C=Cc2ccc(F)cc2)CCCCC1. The lowest BCUT2D eigenvalue weighted by molar-refractivity contribution is -0.152. The van der Waals surface area contributed by atoms with Gasteiger partial charge in [0.15, 0.2) is 0 Å². The van der Waals surface area contributed by atoms with Gasteiger partial charge in [-0.05, 0) is 36.6 Å². The molecule has 2 rings (SSSR count). The highest BCUT2D eigenvalue weighted by Crippen LogP contribution is 2.29. The Morgan fingerprint density at radius 3 is 2.41 bits per heavy atom. The molecule has 1 amide bonds. The third-order valence-corrected chi connectivity index (χ3v) is 3.94. The minimum atomic E-state index is -0.919. The Morgan fingerprint density at radius 2 is 1.82 bits per heavy atom. The molecule has 5 heteroatoms. The number of carbonyl (C=O) groups excluding carboxylic acids is 2. The van der Waals surface area contributed by atoms with E-state index >= 15 is 0 Å². The highest BCUT2D eigenvalue weighted by Gasteiger charge is 2.41. The van der Waals surface area contributed by atoms with Gasteiger partial charge in [0.1, 0.15) is 11.4 Å². The number of hydrogen-bond donors (Lipinski definition) is 1. The number of carbonyl (C=O) groups is 2. The number of nitrogens with one attached hydrogen (secondary N) is 1. The fourth-order valence-corrected chi connectivity index (χ4v) is 2.75. The first-order valence-electron chi connectivity index (χ1n) is 7.40. The van der Waals surface area contributed by atoms with Crippen LogP contribution in [0.3, 0.4) is 0 Å². The summed E-state index contributed by atoms with van der Waals surface area (Å²) in [6, 6.07) is 5.81. The van der Waals surface area contributed by atoms with Gasteiger partial charge in [0.05, 0.1) is 7.11 Å². The number of benzene rings is 1. The molecular formula is C17H20FNO3. The van der Waals surface area contributed by atoms with Crippen LogP contribution >= 0.6 is 0 Å². The number of hydrogen-bond acceptors (Lipinski definition) is 3. The van der Waals surface area contributed by atoms with E-state index in [0.717, 1.165) is 19.3 Å². The molecule has 1 aromatic rings. The molecule has 0 atom stereocenters. The van der Waals surface area contributed by atoms with E-state index in [0.29, 0.717) is 18.4 Å². The molecule has 1 N–H and O–H groups in total. The van der Waals surface area contributed by atoms with Crippen molar-refractivity contribution in [3.8, 4) is 0 Å². The van der Waals surface area contributed by atoms with Gasteiger partial charge in [-0.15, -0.1) is 0 Å². The molecule has 4 nitrogen and oxygen atoms in total. The van der Waals surface area contributed by atoms with E-state index in [1.807, 2.05) is 0 Å². The average Bonchev–Trinajstić information content (AvgIpc) is 2.54. The van der Waals surface area contributed by atoms with Gasteiger partial charge in [0.2, 0.25) is 5.91 Å². The smallest absolute Gasteiger partial charge is 0.331 e. The zero-order chi connectivity index (χ0) is 16.0. The second-order valence-corrected chi connectivity index (χ2v) is 5.51. The second-order valence-electron chi connectivity index (χ2n) is 5.51. The minimum absolute atomic E-state index is 0.326. The maximum Gasteiger partial charge on any atom is 0.331 e. The van der Waals surface area contributed by atoms with Gasteiger partial charge in [-0.3, -0.25) is 4.79 Å². The number of esters is 1. The fraction of sp³-hybridized carbons (Fsp3) is 0.412. The molecule has 0 unspecified atom stereocenters. The van der Waals surface area contributed by atoms with Crippen molar-refractivity contribution in [1.29, 1.82) is 0 Å². The summed E-state index contributed by atoms with van der Waals surface area (Å²) in [5, 5.41) is 2.79. The van der Waals surface area contributed by atoms with Gasteiger partial charge in [-0.1, -0.05) is 31.4 Å². The molecule has 1 saturated carbocycles. The van der Waals surface area contributed by atoms with Crippen LogP contribution in [0.25, 0.3) is 6.08 Å². The zero-order valence-corrected chi connectivity index (χ0v) is 12.6. The largest absolute Gasteiger partial charge is 0.467 e. The molecule has 0 saturated heterocycles. The lowest BCUT2D eigenvalue weighted by atomic mass is 9.81. The van der Waals surface area contributed by atoms with E-state index in [1.54, 1.807) is 18.2 Å². The molecule has 0 aromatic heterocycles. The normalized spacial score (nSPS) is 17.2. The van der Waals surface area contributed by atoms with E-state index in [2.05, 4.69) is 5.32 Å². The van der Waals surface area contributed by atoms with Crippen LogP contribution in [0.2, 0.25) is 0 Å². The maximum absolute atomic E-state index is 12.8. The first-order chi connectivity index (χ1) is 10.6. The van der Waals surface area contributed by atoms with Gasteiger partial charge in [-0.25, -0.2) is 9.18 Å². The Morgan fingerprint density at radius 1 is 1.18 bits per heavy atom. The fourth-order valence-electron chi connectivity index (χ4n) is 2.75. The summed E-state index contributed by atoms with van der Waals surface area (Å²) in [4.78, 5) is 24.1. The summed E-state index contributed by atoms with van der Waals surface area (Å²) in [6.45, 7) is 0. The average molecular weight is 305 g/mol. The van der Waals surface area contributed by atoms with E-state index in [9.17, 15) is 14.0 Å². The third kappa shape index (κ3) is 3.93. The van der Waals surface area contributed by atoms with Crippen LogP contribution in [0.4, 0.5) is 4.39 Å². The van der Waals surface area contributed by atoms with Crippen LogP contribution in [0, 0.1) is 5.82 Å². The summed E-state index contributed by atoms with van der Waals surface area (Å²) in [5.74, 6) is -1.07. The first-order valence-corrected chi connectivity index (χ1v) is 7.40. The van der Waals surface area contributed by atoms with Gasteiger partial charge in [0.25, 0.3) is 0 Å². The molecule has 1 fully saturated rings. The Labute approximate surface area is 129 Å². The molecule has 0 spiro atoms. The summed E-state index contributed by atoms with van der Waals surface area (Å²) < 4.78 is 17.7. The second kappa shape index (κ2) is 7.20. The van der Waals surface area contributed by atoms with Crippen LogP contribution in [0.5, 0.6) is 0 Å². The monoisotopic (exact) mass is 305 g/mol. The van der Waals surface area contributed by atoms with Crippen molar-refractivity contribution in [1.82, 2.24) is 5.32 Å². The van der Waals surface area contributed by atoms with Crippen molar-refractivity contribution in [3.05, 3.63) is 41.7 Å². The molecule has 1 aromatic carbocycles. The molecule has 0 bridgehead atoms. The molecule has 0 radical (unpaired) electrons. The highest BCUT2D eigenvalue weighted by molar-refractivity contribution is 5.96. The Kier molecular flexibility index (Phi) is 5.31. The van der Waals surface area contributed by atoms with Crippen molar-refractivity contribution in [2.75, 3.05) is 7.11 Å². The molecule has 1 aliphatic rings. The van der Waals surface area contributed by atoms with Crippen molar-refractivity contribution in [2.45, 2.75) is 37.6 Å². The van der Waals surface area contributed by atoms with Crippen LogP contribution in [-0.2, 0) is 14.3 Å². The third-order valence-electron chi connectivity index (χ3n) is 3.94. The zero-order valence-electron chi connectivity index (χ0n) is 12.6. The van der Waals surface area contributed by atoms with Crippen LogP contribution in [0.15, 0.2) is 30.3 Å². The lowest BCUT2D eigenvalue weighted by Gasteiger charge is -2.34. The van der Waals surface area contributed by atoms with Crippen molar-refractivity contribution in [3.63, 3.8) is 0 Å². The van der Waals surface area contributed by atoms with Crippen LogP contribution < -0.4 is 5.32 Å². The van der Waals surface area contributed by atoms with E-state index in [1.165, 1.54) is 25.3 Å². The van der Waals surface area contributed by atoms with Gasteiger partial charge >= 0.3 is 5.97 Å². The predicted octanol–water partition coefficient (Wildman–Crippen LogP) is 2.83. The molecule has 0 aliphatic heterocycles. The van der Waals surface area contributed by atoms with Gasteiger partial charge in [-0.2, -0.15) is 0 Å². The van der Waals surface area contributed by atoms with Crippen molar-refractivity contribution >= 4 is 18.0 Å². The van der Waals surface area contributed by atoms with E-state index in [4.69, 9.17) is 4.74 Å². The molecular weight excluding hydrogens is 285 g/mol. The Bertz CT molecular complexity index is 560. The molecule has 1 aliphatic carbocycles. The van der Waals surface area contributed by atoms with Crippen LogP contribution in [-0.4, -0.2) is 24.5 Å². The molecule has 118 valence electrons. The van der Waals surface area contributed by atoms with E-state index < -0.39 is 11.5 Å². The highest BCUT2D eigenvalue weighted by atomic mass is 19.1. The summed E-state index contributed by atoms with van der Waals surface area (Å²) in [6.07, 6.45) is 6.95. The quantitative estimate of drug-likeness (QED) is 0.687. The number of methoxy groups -OCH3 is 1. The van der Waals surface area contributed by atoms with Crippen molar-refractivity contribution < 1.29 is 18.7 Å². The predicted molar refractivity (Wildman–Crippen MR) is 81.4 cm³/mol. The Hall–Kier alpha value is -2.17. The van der Waals surface area contributed by atoms with Gasteiger partial charge in [0, 0.05) is 6.08 Å². The van der Waals surface area contributed by atoms with Gasteiger partial charge < -0.3 is 10.1 Å². The minimum Gasteiger partial charge on any atom is -0.467 e. The standard InChI is InChI=1S/C17H20FNO3/c1-22-16(21)17(11-3-2-4-12-17)19-15(20)10-7-13-5-8-14(18)9-6-13/h5-10H,2-4,11-12H2,1H3,(H,19,20). The lowest BCUT2D eigenvalue weighted by Crippen LogP contribution is -2.55. The Balaban J connectivity index is 2.04. The maximum atomic E-state index is 12.8. The number of rotatable bonds is 4. The summed E-state index contributed by atoms with van der Waals surface area (Å²) in [7, 11) is 1.33. The first kappa shape index (κ1) is 16.2. The number of ether oxygens (including phenoxy) is 1. The topological polar surface area (TPSA) is 55.4 Å². The summed E-state index contributed by atoms with van der Waals surface area (Å²) in [5.41, 5.74) is -0.204. The van der Waals surface area contributed by atoms with E-state index in [-0.39, 0.29) is 11.7 Å². The molecule has 0 heterocycles. The number of halogens is 1. The number of amides is 1. The summed E-state index contributed by atoms with van der Waals surface area (Å²) >= 11 is 0.